The highest BCUT2D eigenvalue weighted by Crippen LogP contribution is 2.36. The maximum absolute atomic E-state index is 12.8. The van der Waals surface area contributed by atoms with E-state index in [1.54, 1.807) is 13.3 Å². The number of likely N-dealkylation sites (N-methyl/N-ethyl adjacent to an activating group) is 1. The molecule has 1 aromatic heterocycles. The fourth-order valence-electron chi connectivity index (χ4n) is 4.26. The number of fused-ring (bicyclic) bond motifs is 2. The van der Waals surface area contributed by atoms with Gasteiger partial charge in [0.25, 0.3) is 0 Å². The van der Waals surface area contributed by atoms with Crippen molar-refractivity contribution in [2.75, 3.05) is 20.7 Å². The Kier molecular flexibility index (Phi) is 5.29. The zero-order valence-corrected chi connectivity index (χ0v) is 16.5. The molecule has 1 amide bonds. The maximum atomic E-state index is 12.8. The molecule has 0 unspecified atom stereocenters. The summed E-state index contributed by atoms with van der Waals surface area (Å²) in [5.41, 5.74) is 4.58. The Morgan fingerprint density at radius 2 is 2.11 bits per heavy atom. The van der Waals surface area contributed by atoms with Crippen LogP contribution in [0.1, 0.15) is 35.4 Å². The summed E-state index contributed by atoms with van der Waals surface area (Å²) >= 11 is 0. The number of aromatic nitrogens is 1. The van der Waals surface area contributed by atoms with Gasteiger partial charge in [0.05, 0.1) is 19.0 Å². The monoisotopic (exact) mass is 374 g/mol. The lowest BCUT2D eigenvalue weighted by molar-refractivity contribution is -0.129. The lowest BCUT2D eigenvalue weighted by Gasteiger charge is -2.30. The number of rotatable bonds is 5. The van der Waals surface area contributed by atoms with Crippen LogP contribution in [0.4, 0.5) is 0 Å². The largest absolute Gasteiger partial charge is 0.496 e. The van der Waals surface area contributed by atoms with Crippen molar-refractivity contribution in [1.29, 1.82) is 0 Å². The minimum absolute atomic E-state index is 0.144. The smallest absolute Gasteiger partial charge is 0.226 e. The highest BCUT2D eigenvalue weighted by molar-refractivity contribution is 5.83. The van der Waals surface area contributed by atoms with E-state index in [-0.39, 0.29) is 5.91 Å². The molecule has 4 nitrogen and oxygen atoms in total. The highest BCUT2D eigenvalue weighted by Gasteiger charge is 2.25. The summed E-state index contributed by atoms with van der Waals surface area (Å²) in [5, 5.41) is 1.10. The van der Waals surface area contributed by atoms with Crippen LogP contribution in [0, 0.1) is 0 Å². The third-order valence-corrected chi connectivity index (χ3v) is 5.75. The average Bonchev–Trinajstić information content (AvgIpc) is 2.73. The molecule has 0 bridgehead atoms. The van der Waals surface area contributed by atoms with E-state index in [9.17, 15) is 4.79 Å². The van der Waals surface area contributed by atoms with E-state index in [1.165, 1.54) is 11.1 Å². The van der Waals surface area contributed by atoms with E-state index < -0.39 is 0 Å². The molecule has 0 aliphatic heterocycles. The second kappa shape index (κ2) is 8.01. The molecule has 3 aromatic rings. The van der Waals surface area contributed by atoms with Crippen molar-refractivity contribution >= 4 is 16.8 Å². The molecular formula is C24H26N2O2. The molecule has 28 heavy (non-hydrogen) atoms. The molecule has 0 N–H and O–H groups in total. The van der Waals surface area contributed by atoms with Gasteiger partial charge in [0.15, 0.2) is 0 Å². The molecule has 1 aliphatic rings. The summed E-state index contributed by atoms with van der Waals surface area (Å²) in [6.07, 6.45) is 5.49. The van der Waals surface area contributed by atoms with Gasteiger partial charge in [-0.2, -0.15) is 0 Å². The number of methoxy groups -OCH3 is 1. The third-order valence-electron chi connectivity index (χ3n) is 5.75. The number of carbonyl (C=O) groups is 1. The normalized spacial score (nSPS) is 15.9. The molecular weight excluding hydrogens is 348 g/mol. The maximum Gasteiger partial charge on any atom is 0.226 e. The molecule has 4 rings (SSSR count). The van der Waals surface area contributed by atoms with Crippen LogP contribution in [-0.2, 0) is 17.6 Å². The zero-order chi connectivity index (χ0) is 19.5. The minimum atomic E-state index is 0.144. The topological polar surface area (TPSA) is 42.4 Å². The van der Waals surface area contributed by atoms with E-state index >= 15 is 0 Å². The van der Waals surface area contributed by atoms with Crippen LogP contribution < -0.4 is 4.74 Å². The number of pyridine rings is 1. The molecule has 2 aromatic carbocycles. The number of benzene rings is 2. The van der Waals surface area contributed by atoms with E-state index in [1.807, 2.05) is 48.3 Å². The molecule has 0 spiro atoms. The predicted octanol–water partition coefficient (Wildman–Crippen LogP) is 4.36. The standard InChI is InChI=1S/C24H26N2O2/c1-26(16-19-6-3-9-21-20(19)8-4-10-23(21)28-2)24(27)15-17-11-12-18-7-5-13-25-22(18)14-17/h4-5,7-8,10-14,19H,3,6,9,15-16H2,1-2H3/t19-/m0/s1. The van der Waals surface area contributed by atoms with Gasteiger partial charge in [-0.1, -0.05) is 30.3 Å². The van der Waals surface area contributed by atoms with Crippen molar-refractivity contribution < 1.29 is 9.53 Å². The van der Waals surface area contributed by atoms with Crippen molar-refractivity contribution in [3.63, 3.8) is 0 Å². The van der Waals surface area contributed by atoms with E-state index in [0.717, 1.165) is 48.0 Å². The third kappa shape index (κ3) is 3.72. The predicted molar refractivity (Wildman–Crippen MR) is 112 cm³/mol. The lowest BCUT2D eigenvalue weighted by atomic mass is 9.82. The van der Waals surface area contributed by atoms with Crippen molar-refractivity contribution in [1.82, 2.24) is 9.88 Å². The molecule has 144 valence electrons. The van der Waals surface area contributed by atoms with Gasteiger partial charge >= 0.3 is 0 Å². The molecule has 1 aliphatic carbocycles. The SMILES string of the molecule is COc1cccc2c1CCC[C@H]2CN(C)C(=O)Cc1ccc2cccnc2c1. The van der Waals surface area contributed by atoms with Gasteiger partial charge in [-0.05, 0) is 54.2 Å². The molecule has 0 saturated heterocycles. The lowest BCUT2D eigenvalue weighted by Crippen LogP contribution is -2.33. The first-order valence-corrected chi connectivity index (χ1v) is 9.89. The number of amides is 1. The van der Waals surface area contributed by atoms with Crippen LogP contribution in [0.5, 0.6) is 5.75 Å². The van der Waals surface area contributed by atoms with Crippen molar-refractivity contribution in [2.24, 2.45) is 0 Å². The van der Waals surface area contributed by atoms with Gasteiger partial charge in [-0.3, -0.25) is 9.78 Å². The summed E-state index contributed by atoms with van der Waals surface area (Å²) in [5.74, 6) is 1.48. The van der Waals surface area contributed by atoms with Crippen LogP contribution in [0.15, 0.2) is 54.7 Å². The number of nitrogens with zero attached hydrogens (tertiary/aromatic N) is 2. The Morgan fingerprint density at radius 1 is 1.21 bits per heavy atom. The summed E-state index contributed by atoms with van der Waals surface area (Å²) in [6, 6.07) is 16.3. The Labute approximate surface area is 166 Å². The van der Waals surface area contributed by atoms with Crippen LogP contribution in [0.25, 0.3) is 10.9 Å². The second-order valence-corrected chi connectivity index (χ2v) is 7.60. The number of ether oxygens (including phenoxy) is 1. The fraction of sp³-hybridized carbons (Fsp3) is 0.333. The Morgan fingerprint density at radius 3 is 2.96 bits per heavy atom. The fourth-order valence-corrected chi connectivity index (χ4v) is 4.26. The van der Waals surface area contributed by atoms with Crippen LogP contribution in [-0.4, -0.2) is 36.5 Å². The summed E-state index contributed by atoms with van der Waals surface area (Å²) in [4.78, 5) is 19.1. The van der Waals surface area contributed by atoms with Gasteiger partial charge in [0.2, 0.25) is 5.91 Å². The first-order chi connectivity index (χ1) is 13.7. The van der Waals surface area contributed by atoms with E-state index in [0.29, 0.717) is 12.3 Å². The van der Waals surface area contributed by atoms with Crippen molar-refractivity contribution in [3.8, 4) is 5.75 Å². The van der Waals surface area contributed by atoms with Crippen LogP contribution >= 0.6 is 0 Å². The summed E-state index contributed by atoms with van der Waals surface area (Å²) in [6.45, 7) is 0.741. The molecule has 4 heteroatoms. The van der Waals surface area contributed by atoms with Gasteiger partial charge in [0, 0.05) is 31.1 Å². The number of hydrogen-bond acceptors (Lipinski definition) is 3. The Bertz CT molecular complexity index is 999. The Balaban J connectivity index is 1.46. The summed E-state index contributed by atoms with van der Waals surface area (Å²) < 4.78 is 5.54. The molecule has 0 saturated carbocycles. The van der Waals surface area contributed by atoms with Crippen molar-refractivity contribution in [3.05, 3.63) is 71.4 Å². The first-order valence-electron chi connectivity index (χ1n) is 9.89. The average molecular weight is 374 g/mol. The van der Waals surface area contributed by atoms with Crippen molar-refractivity contribution in [2.45, 2.75) is 31.6 Å². The first kappa shape index (κ1) is 18.5. The quantitative estimate of drug-likeness (QED) is 0.666. The highest BCUT2D eigenvalue weighted by atomic mass is 16.5. The minimum Gasteiger partial charge on any atom is -0.496 e. The molecule has 0 fully saturated rings. The zero-order valence-electron chi connectivity index (χ0n) is 16.5. The van der Waals surface area contributed by atoms with E-state index in [4.69, 9.17) is 4.74 Å². The molecule has 1 atom stereocenters. The van der Waals surface area contributed by atoms with Gasteiger partial charge < -0.3 is 9.64 Å². The van der Waals surface area contributed by atoms with Gasteiger partial charge in [-0.15, -0.1) is 0 Å². The molecule has 0 radical (unpaired) electrons. The van der Waals surface area contributed by atoms with Gasteiger partial charge in [0.1, 0.15) is 5.75 Å². The van der Waals surface area contributed by atoms with Crippen LogP contribution in [0.2, 0.25) is 0 Å². The van der Waals surface area contributed by atoms with Crippen LogP contribution in [0.3, 0.4) is 0 Å². The summed E-state index contributed by atoms with van der Waals surface area (Å²) in [7, 11) is 3.64. The van der Waals surface area contributed by atoms with Gasteiger partial charge in [-0.25, -0.2) is 0 Å². The number of carbonyl (C=O) groups excluding carboxylic acids is 1. The Hall–Kier alpha value is -2.88. The molecule has 1 heterocycles. The second-order valence-electron chi connectivity index (χ2n) is 7.60. The number of hydrogen-bond donors (Lipinski definition) is 0. The van der Waals surface area contributed by atoms with E-state index in [2.05, 4.69) is 17.1 Å².